The number of nitrogens with one attached hydrogen (secondary N) is 3. The molecule has 1 saturated carbocycles. The predicted octanol–water partition coefficient (Wildman–Crippen LogP) is 3.15. The largest absolute Gasteiger partial charge is 0.349 e. The van der Waals surface area contributed by atoms with E-state index in [4.69, 9.17) is 0 Å². The third-order valence-electron chi connectivity index (χ3n) is 4.35. The molecule has 1 fully saturated rings. The summed E-state index contributed by atoms with van der Waals surface area (Å²) in [6.45, 7) is 3.91. The Bertz CT molecular complexity index is 944. The van der Waals surface area contributed by atoms with Gasteiger partial charge < -0.3 is 16.0 Å². The fourth-order valence-corrected chi connectivity index (χ4v) is 2.64. The summed E-state index contributed by atoms with van der Waals surface area (Å²) in [7, 11) is 0. The maximum Gasteiger partial charge on any atom is 0.253 e. The van der Waals surface area contributed by atoms with Gasteiger partial charge in [-0.25, -0.2) is 0 Å². The van der Waals surface area contributed by atoms with Gasteiger partial charge in [-0.05, 0) is 48.7 Å². The average Bonchev–Trinajstić information content (AvgIpc) is 3.55. The highest BCUT2D eigenvalue weighted by Gasteiger charge is 2.23. The van der Waals surface area contributed by atoms with Crippen LogP contribution >= 0.6 is 0 Å². The van der Waals surface area contributed by atoms with Crippen molar-refractivity contribution in [1.29, 1.82) is 0 Å². The summed E-state index contributed by atoms with van der Waals surface area (Å²) >= 11 is 0. The van der Waals surface area contributed by atoms with Gasteiger partial charge >= 0.3 is 0 Å². The third kappa shape index (κ3) is 5.90. The molecule has 29 heavy (non-hydrogen) atoms. The van der Waals surface area contributed by atoms with E-state index >= 15 is 0 Å². The number of hydrogen-bond acceptors (Lipinski definition) is 3. The van der Waals surface area contributed by atoms with Crippen molar-refractivity contribution >= 4 is 29.5 Å². The lowest BCUT2D eigenvalue weighted by molar-refractivity contribution is -0.111. The Morgan fingerprint density at radius 2 is 1.72 bits per heavy atom. The second-order valence-electron chi connectivity index (χ2n) is 6.74. The molecule has 0 spiro atoms. The van der Waals surface area contributed by atoms with E-state index in [2.05, 4.69) is 22.5 Å². The molecule has 3 amide bonds. The van der Waals surface area contributed by atoms with Crippen molar-refractivity contribution in [2.75, 3.05) is 11.9 Å². The zero-order chi connectivity index (χ0) is 20.6. The van der Waals surface area contributed by atoms with Crippen molar-refractivity contribution in [3.05, 3.63) is 84.0 Å². The standard InChI is InChI=1S/C23H23N3O3/c1-2-15-24-23(29)19-5-3-4-6-20(19)26-21(27)14-9-16-7-10-17(11-8-16)22(28)25-18-12-13-18/h2-11,14,18H,1,12-13,15H2,(H,24,29)(H,25,28)(H,26,27)/b14-9+. The molecule has 0 aromatic heterocycles. The first-order valence-corrected chi connectivity index (χ1v) is 9.45. The van der Waals surface area contributed by atoms with E-state index in [-0.39, 0.29) is 17.7 Å². The van der Waals surface area contributed by atoms with Gasteiger partial charge in [0.1, 0.15) is 0 Å². The van der Waals surface area contributed by atoms with Gasteiger partial charge in [0.15, 0.2) is 0 Å². The van der Waals surface area contributed by atoms with E-state index < -0.39 is 0 Å². The minimum atomic E-state index is -0.357. The molecule has 0 heterocycles. The summed E-state index contributed by atoms with van der Waals surface area (Å²) in [5.74, 6) is -0.721. The smallest absolute Gasteiger partial charge is 0.253 e. The third-order valence-corrected chi connectivity index (χ3v) is 4.35. The van der Waals surface area contributed by atoms with Crippen LogP contribution < -0.4 is 16.0 Å². The summed E-state index contributed by atoms with van der Waals surface area (Å²) < 4.78 is 0. The van der Waals surface area contributed by atoms with Crippen LogP contribution in [-0.4, -0.2) is 30.3 Å². The molecule has 6 nitrogen and oxygen atoms in total. The molecular weight excluding hydrogens is 366 g/mol. The minimum Gasteiger partial charge on any atom is -0.349 e. The van der Waals surface area contributed by atoms with Crippen LogP contribution in [-0.2, 0) is 4.79 Å². The zero-order valence-electron chi connectivity index (χ0n) is 16.0. The molecule has 148 valence electrons. The Kier molecular flexibility index (Phi) is 6.58. The number of para-hydroxylation sites is 1. The molecule has 0 saturated heterocycles. The number of carbonyl (C=O) groups excluding carboxylic acids is 3. The van der Waals surface area contributed by atoms with Crippen molar-refractivity contribution in [1.82, 2.24) is 10.6 Å². The van der Waals surface area contributed by atoms with Crippen LogP contribution in [0.3, 0.4) is 0 Å². The molecule has 1 aliphatic rings. The summed E-state index contributed by atoms with van der Waals surface area (Å²) in [6.07, 6.45) is 6.71. The van der Waals surface area contributed by atoms with Crippen molar-refractivity contribution in [3.63, 3.8) is 0 Å². The lowest BCUT2D eigenvalue weighted by Gasteiger charge is -2.09. The Morgan fingerprint density at radius 1 is 1.00 bits per heavy atom. The number of amides is 3. The van der Waals surface area contributed by atoms with Crippen LogP contribution in [0.4, 0.5) is 5.69 Å². The maximum atomic E-state index is 12.3. The molecule has 0 unspecified atom stereocenters. The predicted molar refractivity (Wildman–Crippen MR) is 114 cm³/mol. The molecular formula is C23H23N3O3. The van der Waals surface area contributed by atoms with E-state index in [1.54, 1.807) is 60.7 Å². The second kappa shape index (κ2) is 9.50. The first-order chi connectivity index (χ1) is 14.1. The highest BCUT2D eigenvalue weighted by molar-refractivity contribution is 6.07. The van der Waals surface area contributed by atoms with Crippen LogP contribution in [0.5, 0.6) is 0 Å². The molecule has 6 heteroatoms. The Morgan fingerprint density at radius 3 is 2.41 bits per heavy atom. The van der Waals surface area contributed by atoms with Crippen LogP contribution in [0.1, 0.15) is 39.1 Å². The molecule has 2 aromatic carbocycles. The van der Waals surface area contributed by atoms with Gasteiger partial charge in [0.2, 0.25) is 5.91 Å². The molecule has 0 aliphatic heterocycles. The zero-order valence-corrected chi connectivity index (χ0v) is 16.0. The number of hydrogen-bond donors (Lipinski definition) is 3. The van der Waals surface area contributed by atoms with Crippen molar-refractivity contribution < 1.29 is 14.4 Å². The lowest BCUT2D eigenvalue weighted by Crippen LogP contribution is -2.25. The Balaban J connectivity index is 1.60. The SMILES string of the molecule is C=CCNC(=O)c1ccccc1NC(=O)/C=C/c1ccc(C(=O)NC2CC2)cc1. The van der Waals surface area contributed by atoms with Gasteiger partial charge in [0, 0.05) is 24.2 Å². The van der Waals surface area contributed by atoms with E-state index in [1.807, 2.05) is 0 Å². The van der Waals surface area contributed by atoms with E-state index in [1.165, 1.54) is 6.08 Å². The van der Waals surface area contributed by atoms with E-state index in [0.717, 1.165) is 18.4 Å². The summed E-state index contributed by atoms with van der Waals surface area (Å²) in [4.78, 5) is 36.4. The van der Waals surface area contributed by atoms with Crippen molar-refractivity contribution in [2.24, 2.45) is 0 Å². The van der Waals surface area contributed by atoms with Gasteiger partial charge in [0.25, 0.3) is 11.8 Å². The molecule has 3 rings (SSSR count). The van der Waals surface area contributed by atoms with Gasteiger partial charge in [-0.1, -0.05) is 30.3 Å². The van der Waals surface area contributed by atoms with Crippen molar-refractivity contribution in [2.45, 2.75) is 18.9 Å². The summed E-state index contributed by atoms with van der Waals surface area (Å²) in [5, 5.41) is 8.35. The Hall–Kier alpha value is -3.67. The monoisotopic (exact) mass is 389 g/mol. The topological polar surface area (TPSA) is 87.3 Å². The van der Waals surface area contributed by atoms with Gasteiger partial charge in [-0.2, -0.15) is 0 Å². The number of carbonyl (C=O) groups is 3. The van der Waals surface area contributed by atoms with Gasteiger partial charge in [-0.3, -0.25) is 14.4 Å². The normalized spacial score (nSPS) is 13.0. The Labute approximate surface area is 169 Å². The molecule has 0 radical (unpaired) electrons. The van der Waals surface area contributed by atoms with Crippen LogP contribution in [0.25, 0.3) is 6.08 Å². The lowest BCUT2D eigenvalue weighted by atomic mass is 10.1. The number of benzene rings is 2. The number of rotatable bonds is 8. The average molecular weight is 389 g/mol. The van der Waals surface area contributed by atoms with Crippen LogP contribution in [0.15, 0.2) is 67.3 Å². The molecule has 3 N–H and O–H groups in total. The van der Waals surface area contributed by atoms with E-state index in [9.17, 15) is 14.4 Å². The summed E-state index contributed by atoms with van der Waals surface area (Å²) in [6, 6.07) is 14.1. The van der Waals surface area contributed by atoms with Crippen molar-refractivity contribution in [3.8, 4) is 0 Å². The first-order valence-electron chi connectivity index (χ1n) is 9.45. The number of anilines is 1. The fourth-order valence-electron chi connectivity index (χ4n) is 2.64. The summed E-state index contributed by atoms with van der Waals surface area (Å²) in [5.41, 5.74) is 2.19. The molecule has 1 aliphatic carbocycles. The molecule has 0 atom stereocenters. The fraction of sp³-hybridized carbons (Fsp3) is 0.174. The van der Waals surface area contributed by atoms with Gasteiger partial charge in [0.05, 0.1) is 11.3 Å². The molecule has 0 bridgehead atoms. The molecule has 2 aromatic rings. The maximum absolute atomic E-state index is 12.3. The minimum absolute atomic E-state index is 0.0767. The second-order valence-corrected chi connectivity index (χ2v) is 6.74. The van der Waals surface area contributed by atoms with Crippen LogP contribution in [0, 0.1) is 0 Å². The quantitative estimate of drug-likeness (QED) is 0.479. The highest BCUT2D eigenvalue weighted by atomic mass is 16.2. The van der Waals surface area contributed by atoms with Gasteiger partial charge in [-0.15, -0.1) is 6.58 Å². The van der Waals surface area contributed by atoms with E-state index in [0.29, 0.717) is 29.4 Å². The van der Waals surface area contributed by atoms with Crippen LogP contribution in [0.2, 0.25) is 0 Å². The highest BCUT2D eigenvalue weighted by Crippen LogP contribution is 2.19. The first kappa shape index (κ1) is 20.1.